The molecule has 1 aliphatic heterocycles. The van der Waals surface area contributed by atoms with Gasteiger partial charge in [-0.25, -0.2) is 4.98 Å². The van der Waals surface area contributed by atoms with E-state index in [0.29, 0.717) is 24.7 Å². The second-order valence-electron chi connectivity index (χ2n) is 4.57. The molecular weight excluding hydrogens is 324 g/mol. The number of likely N-dealkylation sites (tertiary alicyclic amines) is 1. The number of carbonyl (C=O) groups excluding carboxylic acids is 1. The number of carbonyl (C=O) groups is 1. The Morgan fingerprint density at radius 3 is 3.05 bits per heavy atom. The summed E-state index contributed by atoms with van der Waals surface area (Å²) in [7, 11) is 0. The molecule has 3 rings (SSSR count). The molecule has 0 radical (unpaired) electrons. The van der Waals surface area contributed by atoms with Crippen LogP contribution in [0.3, 0.4) is 0 Å². The number of hydrogen-bond acceptors (Lipinski definition) is 4. The Bertz CT molecular complexity index is 583. The number of furan rings is 1. The molecule has 1 saturated heterocycles. The van der Waals surface area contributed by atoms with E-state index >= 15 is 0 Å². The van der Waals surface area contributed by atoms with Crippen molar-refractivity contribution in [3.05, 3.63) is 47.0 Å². The highest BCUT2D eigenvalue weighted by Gasteiger charge is 2.29. The molecule has 3 heterocycles. The van der Waals surface area contributed by atoms with Crippen molar-refractivity contribution >= 4 is 21.8 Å². The Kier molecular flexibility index (Phi) is 3.73. The van der Waals surface area contributed by atoms with E-state index in [1.807, 2.05) is 6.07 Å². The average Bonchev–Trinajstić information content (AvgIpc) is 3.12. The Hall–Kier alpha value is -1.82. The van der Waals surface area contributed by atoms with Gasteiger partial charge in [-0.05, 0) is 34.1 Å². The molecule has 1 aliphatic rings. The Balaban J connectivity index is 1.59. The van der Waals surface area contributed by atoms with Crippen LogP contribution >= 0.6 is 15.9 Å². The second-order valence-corrected chi connectivity index (χ2v) is 5.49. The molecule has 5 nitrogen and oxygen atoms in total. The standard InChI is InChI=1S/C14H13BrN2O3/c15-10-3-4-13(16-8-10)20-11-5-6-17(9-11)14(18)12-2-1-7-19-12/h1-4,7-8,11H,5-6,9H2. The van der Waals surface area contributed by atoms with Crippen molar-refractivity contribution in [3.63, 3.8) is 0 Å². The number of pyridine rings is 1. The highest BCUT2D eigenvalue weighted by molar-refractivity contribution is 9.10. The van der Waals surface area contributed by atoms with Gasteiger partial charge in [-0.3, -0.25) is 4.79 Å². The van der Waals surface area contributed by atoms with E-state index in [2.05, 4.69) is 20.9 Å². The summed E-state index contributed by atoms with van der Waals surface area (Å²) in [5.74, 6) is 0.850. The van der Waals surface area contributed by atoms with Crippen LogP contribution in [0.5, 0.6) is 5.88 Å². The lowest BCUT2D eigenvalue weighted by Gasteiger charge is -2.15. The molecule has 0 aliphatic carbocycles. The number of hydrogen-bond donors (Lipinski definition) is 0. The van der Waals surface area contributed by atoms with Crippen LogP contribution in [0.4, 0.5) is 0 Å². The van der Waals surface area contributed by atoms with E-state index in [9.17, 15) is 4.79 Å². The third-order valence-electron chi connectivity index (χ3n) is 3.15. The molecule has 104 valence electrons. The monoisotopic (exact) mass is 336 g/mol. The van der Waals surface area contributed by atoms with Gasteiger partial charge >= 0.3 is 0 Å². The lowest BCUT2D eigenvalue weighted by molar-refractivity contribution is 0.0740. The van der Waals surface area contributed by atoms with Gasteiger partial charge in [0.1, 0.15) is 6.10 Å². The topological polar surface area (TPSA) is 55.6 Å². The lowest BCUT2D eigenvalue weighted by Crippen LogP contribution is -2.30. The van der Waals surface area contributed by atoms with Gasteiger partial charge < -0.3 is 14.1 Å². The Morgan fingerprint density at radius 1 is 1.45 bits per heavy atom. The van der Waals surface area contributed by atoms with Gasteiger partial charge in [-0.1, -0.05) is 0 Å². The van der Waals surface area contributed by atoms with Crippen LogP contribution in [-0.4, -0.2) is 35.0 Å². The van der Waals surface area contributed by atoms with E-state index in [-0.39, 0.29) is 12.0 Å². The molecule has 1 amide bonds. The first kappa shape index (κ1) is 13.2. The fraction of sp³-hybridized carbons (Fsp3) is 0.286. The molecular formula is C14H13BrN2O3. The molecule has 1 atom stereocenters. The maximum Gasteiger partial charge on any atom is 0.289 e. The molecule has 0 saturated carbocycles. The van der Waals surface area contributed by atoms with Gasteiger partial charge in [0.15, 0.2) is 5.76 Å². The number of amides is 1. The number of halogens is 1. The molecule has 0 bridgehead atoms. The largest absolute Gasteiger partial charge is 0.472 e. The van der Waals surface area contributed by atoms with E-state index in [1.54, 1.807) is 29.3 Å². The zero-order valence-electron chi connectivity index (χ0n) is 10.7. The minimum atomic E-state index is -0.0927. The van der Waals surface area contributed by atoms with Crippen molar-refractivity contribution in [2.45, 2.75) is 12.5 Å². The number of rotatable bonds is 3. The molecule has 20 heavy (non-hydrogen) atoms. The van der Waals surface area contributed by atoms with Crippen molar-refractivity contribution < 1.29 is 13.9 Å². The van der Waals surface area contributed by atoms with Crippen molar-refractivity contribution in [1.29, 1.82) is 0 Å². The van der Waals surface area contributed by atoms with Crippen LogP contribution in [-0.2, 0) is 0 Å². The summed E-state index contributed by atoms with van der Waals surface area (Å²) in [6, 6.07) is 7.07. The molecule has 1 fully saturated rings. The summed E-state index contributed by atoms with van der Waals surface area (Å²) < 4.78 is 11.8. The van der Waals surface area contributed by atoms with Crippen molar-refractivity contribution in [3.8, 4) is 5.88 Å². The third-order valence-corrected chi connectivity index (χ3v) is 3.62. The molecule has 1 unspecified atom stereocenters. The molecule has 0 spiro atoms. The van der Waals surface area contributed by atoms with Gasteiger partial charge in [0, 0.05) is 29.7 Å². The van der Waals surface area contributed by atoms with Crippen LogP contribution in [0.25, 0.3) is 0 Å². The predicted molar refractivity (Wildman–Crippen MR) is 75.6 cm³/mol. The first-order chi connectivity index (χ1) is 9.72. The number of nitrogens with zero attached hydrogens (tertiary/aromatic N) is 2. The zero-order chi connectivity index (χ0) is 13.9. The van der Waals surface area contributed by atoms with Gasteiger partial charge in [0.25, 0.3) is 5.91 Å². The van der Waals surface area contributed by atoms with Crippen LogP contribution in [0.2, 0.25) is 0 Å². The van der Waals surface area contributed by atoms with Gasteiger partial charge in [0.2, 0.25) is 5.88 Å². The summed E-state index contributed by atoms with van der Waals surface area (Å²) in [5, 5.41) is 0. The van der Waals surface area contributed by atoms with Crippen LogP contribution in [0.15, 0.2) is 45.6 Å². The van der Waals surface area contributed by atoms with Crippen molar-refractivity contribution in [1.82, 2.24) is 9.88 Å². The van der Waals surface area contributed by atoms with Crippen LogP contribution in [0, 0.1) is 0 Å². The summed E-state index contributed by atoms with van der Waals surface area (Å²) in [4.78, 5) is 18.0. The lowest BCUT2D eigenvalue weighted by atomic mass is 10.3. The summed E-state index contributed by atoms with van der Waals surface area (Å²) in [6.07, 6.45) is 3.96. The summed E-state index contributed by atoms with van der Waals surface area (Å²) in [5.41, 5.74) is 0. The summed E-state index contributed by atoms with van der Waals surface area (Å²) >= 11 is 3.33. The van der Waals surface area contributed by atoms with Crippen LogP contribution in [0.1, 0.15) is 17.0 Å². The van der Waals surface area contributed by atoms with Crippen molar-refractivity contribution in [2.75, 3.05) is 13.1 Å². The Morgan fingerprint density at radius 2 is 2.35 bits per heavy atom. The first-order valence-corrected chi connectivity index (χ1v) is 7.12. The molecule has 2 aromatic heterocycles. The fourth-order valence-electron chi connectivity index (χ4n) is 2.17. The second kappa shape index (κ2) is 5.66. The first-order valence-electron chi connectivity index (χ1n) is 6.33. The number of aromatic nitrogens is 1. The smallest absolute Gasteiger partial charge is 0.289 e. The number of ether oxygens (including phenoxy) is 1. The average molecular weight is 337 g/mol. The van der Waals surface area contributed by atoms with Crippen molar-refractivity contribution in [2.24, 2.45) is 0 Å². The van der Waals surface area contributed by atoms with Crippen LogP contribution < -0.4 is 4.74 Å². The molecule has 6 heteroatoms. The Labute approximate surface area is 124 Å². The normalized spacial score (nSPS) is 18.2. The van der Waals surface area contributed by atoms with E-state index in [4.69, 9.17) is 9.15 Å². The van der Waals surface area contributed by atoms with E-state index in [0.717, 1.165) is 10.9 Å². The SMILES string of the molecule is O=C(c1ccco1)N1CCC(Oc2ccc(Br)cn2)C1. The maximum absolute atomic E-state index is 12.1. The summed E-state index contributed by atoms with van der Waals surface area (Å²) in [6.45, 7) is 1.22. The van der Waals surface area contributed by atoms with E-state index < -0.39 is 0 Å². The van der Waals surface area contributed by atoms with Gasteiger partial charge in [0.05, 0.1) is 12.8 Å². The molecule has 0 N–H and O–H groups in total. The minimum absolute atomic E-state index is 0.0254. The maximum atomic E-state index is 12.1. The van der Waals surface area contributed by atoms with Gasteiger partial charge in [-0.2, -0.15) is 0 Å². The zero-order valence-corrected chi connectivity index (χ0v) is 12.2. The molecule has 2 aromatic rings. The molecule has 0 aromatic carbocycles. The highest BCUT2D eigenvalue weighted by atomic mass is 79.9. The van der Waals surface area contributed by atoms with E-state index in [1.165, 1.54) is 6.26 Å². The highest BCUT2D eigenvalue weighted by Crippen LogP contribution is 2.19. The minimum Gasteiger partial charge on any atom is -0.472 e. The third kappa shape index (κ3) is 2.85. The van der Waals surface area contributed by atoms with Gasteiger partial charge in [-0.15, -0.1) is 0 Å². The fourth-order valence-corrected chi connectivity index (χ4v) is 2.40. The predicted octanol–water partition coefficient (Wildman–Crippen LogP) is 2.73. The quantitative estimate of drug-likeness (QED) is 0.864.